The third-order valence-electron chi connectivity index (χ3n) is 4.58. The van der Waals surface area contributed by atoms with Gasteiger partial charge in [0.15, 0.2) is 0 Å². The van der Waals surface area contributed by atoms with Crippen LogP contribution in [0.15, 0.2) is 5.51 Å². The molecule has 1 aromatic heterocycles. The third kappa shape index (κ3) is 5.04. The summed E-state index contributed by atoms with van der Waals surface area (Å²) in [5.41, 5.74) is 3.65. The zero-order valence-corrected chi connectivity index (χ0v) is 14.9. The maximum absolute atomic E-state index is 4.37. The summed E-state index contributed by atoms with van der Waals surface area (Å²) in [5.74, 6) is 0.737. The highest BCUT2D eigenvalue weighted by Crippen LogP contribution is 2.38. The van der Waals surface area contributed by atoms with Crippen LogP contribution in [0.5, 0.6) is 0 Å². The van der Waals surface area contributed by atoms with Crippen molar-refractivity contribution in [3.05, 3.63) is 16.1 Å². The number of hydrogen-bond acceptors (Lipinski definition) is 4. The molecule has 1 fully saturated rings. The summed E-state index contributed by atoms with van der Waals surface area (Å²) in [5, 5.41) is 3.71. The van der Waals surface area contributed by atoms with Crippen LogP contribution in [0.25, 0.3) is 0 Å². The molecule has 1 aliphatic carbocycles. The Bertz CT molecular complexity index is 421. The van der Waals surface area contributed by atoms with Gasteiger partial charge in [-0.15, -0.1) is 11.3 Å². The molecular weight excluding hydrogens is 278 g/mol. The number of aromatic nitrogens is 1. The van der Waals surface area contributed by atoms with E-state index in [4.69, 9.17) is 0 Å². The Morgan fingerprint density at radius 1 is 1.38 bits per heavy atom. The molecule has 1 aromatic rings. The van der Waals surface area contributed by atoms with Crippen molar-refractivity contribution < 1.29 is 0 Å². The Balaban J connectivity index is 1.88. The molecule has 3 nitrogen and oxygen atoms in total. The van der Waals surface area contributed by atoms with Gasteiger partial charge in [-0.25, -0.2) is 4.98 Å². The minimum Gasteiger partial charge on any atom is -0.316 e. The lowest BCUT2D eigenvalue weighted by Crippen LogP contribution is -2.42. The standard InChI is InChI=1S/C17H31N3S/c1-14(2)9-18-11-17(7-5-6-8-17)12-20(4)10-16-15(3)19-13-21-16/h13-14,18H,5-12H2,1-4H3. The Labute approximate surface area is 134 Å². The molecule has 21 heavy (non-hydrogen) atoms. The van der Waals surface area contributed by atoms with E-state index >= 15 is 0 Å². The average molecular weight is 310 g/mol. The highest BCUT2D eigenvalue weighted by Gasteiger charge is 2.34. The molecule has 0 aromatic carbocycles. The van der Waals surface area contributed by atoms with Crippen LogP contribution in [0.3, 0.4) is 0 Å². The second-order valence-electron chi connectivity index (χ2n) is 7.27. The van der Waals surface area contributed by atoms with E-state index in [1.165, 1.54) is 49.3 Å². The largest absolute Gasteiger partial charge is 0.316 e. The van der Waals surface area contributed by atoms with Gasteiger partial charge >= 0.3 is 0 Å². The molecule has 0 spiro atoms. The molecule has 0 amide bonds. The first-order valence-electron chi connectivity index (χ1n) is 8.29. The number of nitrogens with one attached hydrogen (secondary N) is 1. The van der Waals surface area contributed by atoms with Crippen LogP contribution in [-0.2, 0) is 6.54 Å². The molecule has 1 N–H and O–H groups in total. The summed E-state index contributed by atoms with van der Waals surface area (Å²) in [7, 11) is 2.27. The van der Waals surface area contributed by atoms with Crippen molar-refractivity contribution in [2.45, 2.75) is 53.0 Å². The highest BCUT2D eigenvalue weighted by atomic mass is 32.1. The van der Waals surface area contributed by atoms with Crippen LogP contribution >= 0.6 is 11.3 Å². The van der Waals surface area contributed by atoms with Crippen molar-refractivity contribution in [3.63, 3.8) is 0 Å². The lowest BCUT2D eigenvalue weighted by atomic mass is 9.85. The fraction of sp³-hybridized carbons (Fsp3) is 0.824. The van der Waals surface area contributed by atoms with E-state index in [1.807, 2.05) is 5.51 Å². The SMILES string of the molecule is Cc1ncsc1CN(C)CC1(CNCC(C)C)CCCC1. The maximum atomic E-state index is 4.37. The molecule has 0 saturated heterocycles. The van der Waals surface area contributed by atoms with Crippen LogP contribution in [0.1, 0.15) is 50.1 Å². The fourth-order valence-corrected chi connectivity index (χ4v) is 4.35. The number of thiazole rings is 1. The topological polar surface area (TPSA) is 28.2 Å². The molecule has 0 unspecified atom stereocenters. The van der Waals surface area contributed by atoms with Crippen molar-refractivity contribution >= 4 is 11.3 Å². The summed E-state index contributed by atoms with van der Waals surface area (Å²) >= 11 is 1.79. The van der Waals surface area contributed by atoms with Crippen LogP contribution in [0.4, 0.5) is 0 Å². The van der Waals surface area contributed by atoms with Gasteiger partial charge in [0.2, 0.25) is 0 Å². The van der Waals surface area contributed by atoms with E-state index < -0.39 is 0 Å². The van der Waals surface area contributed by atoms with Crippen molar-refractivity contribution in [2.75, 3.05) is 26.7 Å². The molecule has 2 rings (SSSR count). The number of hydrogen-bond donors (Lipinski definition) is 1. The van der Waals surface area contributed by atoms with Crippen molar-refractivity contribution in [1.82, 2.24) is 15.2 Å². The molecule has 1 heterocycles. The lowest BCUT2D eigenvalue weighted by molar-refractivity contribution is 0.167. The van der Waals surface area contributed by atoms with Gasteiger partial charge in [-0.3, -0.25) is 0 Å². The Morgan fingerprint density at radius 3 is 2.67 bits per heavy atom. The predicted octanol–water partition coefficient (Wildman–Crippen LogP) is 3.69. The number of nitrogens with zero attached hydrogens (tertiary/aromatic N) is 2. The van der Waals surface area contributed by atoms with E-state index in [0.717, 1.165) is 19.0 Å². The maximum Gasteiger partial charge on any atom is 0.0798 e. The zero-order valence-electron chi connectivity index (χ0n) is 14.1. The Morgan fingerprint density at radius 2 is 2.10 bits per heavy atom. The minimum atomic E-state index is 0.488. The van der Waals surface area contributed by atoms with E-state index in [1.54, 1.807) is 11.3 Å². The molecule has 4 heteroatoms. The van der Waals surface area contributed by atoms with Crippen molar-refractivity contribution in [2.24, 2.45) is 11.3 Å². The molecule has 120 valence electrons. The first-order valence-corrected chi connectivity index (χ1v) is 9.17. The highest BCUT2D eigenvalue weighted by molar-refractivity contribution is 7.09. The number of rotatable bonds is 8. The quantitative estimate of drug-likeness (QED) is 0.794. The predicted molar refractivity (Wildman–Crippen MR) is 91.8 cm³/mol. The summed E-state index contributed by atoms with van der Waals surface area (Å²) in [6.45, 7) is 11.3. The van der Waals surface area contributed by atoms with Gasteiger partial charge in [0, 0.05) is 24.5 Å². The molecule has 1 aliphatic rings. The van der Waals surface area contributed by atoms with Crippen molar-refractivity contribution in [1.29, 1.82) is 0 Å². The summed E-state index contributed by atoms with van der Waals surface area (Å²) in [6.07, 6.45) is 5.56. The first-order chi connectivity index (χ1) is 10.0. The van der Waals surface area contributed by atoms with Gasteiger partial charge in [-0.1, -0.05) is 26.7 Å². The molecule has 0 aliphatic heterocycles. The van der Waals surface area contributed by atoms with Gasteiger partial charge in [-0.05, 0) is 44.7 Å². The van der Waals surface area contributed by atoms with E-state index in [9.17, 15) is 0 Å². The molecular formula is C17H31N3S. The summed E-state index contributed by atoms with van der Waals surface area (Å²) in [4.78, 5) is 8.29. The van der Waals surface area contributed by atoms with Gasteiger partial charge in [0.1, 0.15) is 0 Å². The van der Waals surface area contributed by atoms with E-state index in [0.29, 0.717) is 5.41 Å². The molecule has 1 saturated carbocycles. The Hall–Kier alpha value is -0.450. The van der Waals surface area contributed by atoms with Crippen LogP contribution in [0, 0.1) is 18.3 Å². The van der Waals surface area contributed by atoms with Gasteiger partial charge in [0.25, 0.3) is 0 Å². The van der Waals surface area contributed by atoms with Gasteiger partial charge in [-0.2, -0.15) is 0 Å². The Kier molecular flexibility index (Phi) is 6.20. The van der Waals surface area contributed by atoms with Crippen LogP contribution < -0.4 is 5.32 Å². The third-order valence-corrected chi connectivity index (χ3v) is 5.50. The fourth-order valence-electron chi connectivity index (χ4n) is 3.49. The summed E-state index contributed by atoms with van der Waals surface area (Å²) < 4.78 is 0. The van der Waals surface area contributed by atoms with E-state index in [2.05, 4.69) is 43.0 Å². The second kappa shape index (κ2) is 7.70. The zero-order chi connectivity index (χ0) is 15.3. The normalized spacial score (nSPS) is 18.0. The van der Waals surface area contributed by atoms with Crippen LogP contribution in [-0.4, -0.2) is 36.6 Å². The minimum absolute atomic E-state index is 0.488. The second-order valence-corrected chi connectivity index (χ2v) is 8.20. The van der Waals surface area contributed by atoms with Gasteiger partial charge in [0.05, 0.1) is 11.2 Å². The van der Waals surface area contributed by atoms with Gasteiger partial charge < -0.3 is 10.2 Å². The van der Waals surface area contributed by atoms with Crippen molar-refractivity contribution in [3.8, 4) is 0 Å². The van der Waals surface area contributed by atoms with Crippen LogP contribution in [0.2, 0.25) is 0 Å². The lowest BCUT2D eigenvalue weighted by Gasteiger charge is -2.34. The van der Waals surface area contributed by atoms with E-state index in [-0.39, 0.29) is 0 Å². The summed E-state index contributed by atoms with van der Waals surface area (Å²) in [6, 6.07) is 0. The first kappa shape index (κ1) is 16.9. The number of aryl methyl sites for hydroxylation is 1. The smallest absolute Gasteiger partial charge is 0.0798 e. The molecule has 0 radical (unpaired) electrons. The monoisotopic (exact) mass is 309 g/mol. The molecule has 0 bridgehead atoms. The molecule has 0 atom stereocenters. The average Bonchev–Trinajstić information content (AvgIpc) is 3.00.